The van der Waals surface area contributed by atoms with Crippen LogP contribution in [0.4, 0.5) is 9.59 Å². The Morgan fingerprint density at radius 3 is 2.04 bits per heavy atom. The zero-order chi connectivity index (χ0) is 18.2. The zero-order valence-electron chi connectivity index (χ0n) is 15.9. The van der Waals surface area contributed by atoms with E-state index in [2.05, 4.69) is 27.8 Å². The second-order valence-electron chi connectivity index (χ2n) is 7.31. The molecular formula is C17H34N6O2. The molecule has 0 radical (unpaired) electrons. The van der Waals surface area contributed by atoms with Gasteiger partial charge in [0.15, 0.2) is 0 Å². The molecule has 2 fully saturated rings. The molecule has 3 N–H and O–H groups in total. The second kappa shape index (κ2) is 9.82. The summed E-state index contributed by atoms with van der Waals surface area (Å²) in [5.41, 5.74) is 0. The van der Waals surface area contributed by atoms with Gasteiger partial charge in [-0.25, -0.2) is 9.59 Å². The van der Waals surface area contributed by atoms with E-state index < -0.39 is 0 Å². The fraction of sp³-hybridized carbons (Fsp3) is 0.882. The van der Waals surface area contributed by atoms with Gasteiger partial charge >= 0.3 is 12.1 Å². The molecule has 4 amide bonds. The minimum atomic E-state index is 0.0336. The number of carbonyl (C=O) groups excluding carboxylic acids is 2. The highest BCUT2D eigenvalue weighted by atomic mass is 16.2. The Labute approximate surface area is 151 Å². The Morgan fingerprint density at radius 1 is 0.880 bits per heavy atom. The van der Waals surface area contributed by atoms with E-state index in [-0.39, 0.29) is 24.1 Å². The minimum Gasteiger partial charge on any atom is -0.336 e. The molecule has 8 nitrogen and oxygen atoms in total. The lowest BCUT2D eigenvalue weighted by molar-refractivity contribution is 0.134. The van der Waals surface area contributed by atoms with Gasteiger partial charge < -0.3 is 25.8 Å². The molecule has 1 unspecified atom stereocenters. The number of hydrogen-bond acceptors (Lipinski definition) is 4. The van der Waals surface area contributed by atoms with Crippen molar-refractivity contribution in [3.8, 4) is 0 Å². The summed E-state index contributed by atoms with van der Waals surface area (Å²) < 4.78 is 0. The lowest BCUT2D eigenvalue weighted by Crippen LogP contribution is -2.54. The fourth-order valence-electron chi connectivity index (χ4n) is 3.13. The Kier molecular flexibility index (Phi) is 7.77. The van der Waals surface area contributed by atoms with Crippen LogP contribution in [0.3, 0.4) is 0 Å². The minimum absolute atomic E-state index is 0.0336. The number of hydrogen-bond donors (Lipinski definition) is 3. The van der Waals surface area contributed by atoms with Crippen LogP contribution >= 0.6 is 0 Å². The van der Waals surface area contributed by atoms with Crippen LogP contribution < -0.4 is 16.0 Å². The molecule has 1 atom stereocenters. The van der Waals surface area contributed by atoms with E-state index in [0.717, 1.165) is 65.3 Å². The Morgan fingerprint density at radius 2 is 1.44 bits per heavy atom. The lowest BCUT2D eigenvalue weighted by atomic mass is 10.2. The molecule has 2 rings (SSSR count). The first kappa shape index (κ1) is 19.8. The van der Waals surface area contributed by atoms with Crippen molar-refractivity contribution in [2.75, 3.05) is 58.9 Å². The molecule has 0 bridgehead atoms. The molecule has 8 heteroatoms. The lowest BCUT2D eigenvalue weighted by Gasteiger charge is -2.35. The van der Waals surface area contributed by atoms with Gasteiger partial charge in [-0.15, -0.1) is 0 Å². The monoisotopic (exact) mass is 354 g/mol. The van der Waals surface area contributed by atoms with Crippen molar-refractivity contribution in [3.05, 3.63) is 0 Å². The van der Waals surface area contributed by atoms with Gasteiger partial charge in [0.1, 0.15) is 0 Å². The van der Waals surface area contributed by atoms with Gasteiger partial charge in [0.25, 0.3) is 0 Å². The third kappa shape index (κ3) is 6.70. The topological polar surface area (TPSA) is 80.0 Å². The normalized spacial score (nSPS) is 20.5. The molecular weight excluding hydrogens is 320 g/mol. The van der Waals surface area contributed by atoms with Crippen molar-refractivity contribution in [1.82, 2.24) is 30.7 Å². The average Bonchev–Trinajstić information content (AvgIpc) is 2.60. The quantitative estimate of drug-likeness (QED) is 0.655. The molecule has 0 aromatic heterocycles. The Balaban J connectivity index is 1.61. The van der Waals surface area contributed by atoms with E-state index in [4.69, 9.17) is 0 Å². The molecule has 0 spiro atoms. The molecule has 0 aliphatic carbocycles. The van der Waals surface area contributed by atoms with Crippen LogP contribution in [0, 0.1) is 0 Å². The molecule has 25 heavy (non-hydrogen) atoms. The van der Waals surface area contributed by atoms with E-state index >= 15 is 0 Å². The van der Waals surface area contributed by atoms with Crippen molar-refractivity contribution in [2.45, 2.75) is 39.3 Å². The van der Waals surface area contributed by atoms with Crippen molar-refractivity contribution in [3.63, 3.8) is 0 Å². The number of urea groups is 2. The SMILES string of the molecule is CC(C)NC(=O)N1CCN(CCC(C)NC(=O)N2CCNCC2)CC1. The number of nitrogens with zero attached hydrogens (tertiary/aromatic N) is 3. The molecule has 0 saturated carbocycles. The number of amides is 4. The van der Waals surface area contributed by atoms with Crippen molar-refractivity contribution >= 4 is 12.1 Å². The van der Waals surface area contributed by atoms with Crippen LogP contribution in [0.1, 0.15) is 27.2 Å². The summed E-state index contributed by atoms with van der Waals surface area (Å²) in [6.07, 6.45) is 0.927. The molecule has 2 heterocycles. The van der Waals surface area contributed by atoms with Gasteiger partial charge in [-0.1, -0.05) is 0 Å². The number of rotatable bonds is 5. The van der Waals surface area contributed by atoms with E-state index in [1.807, 2.05) is 23.6 Å². The van der Waals surface area contributed by atoms with Gasteiger partial charge in [0.05, 0.1) is 0 Å². The van der Waals surface area contributed by atoms with Crippen LogP contribution in [0.2, 0.25) is 0 Å². The Bertz CT molecular complexity index is 431. The first-order valence-corrected chi connectivity index (χ1v) is 9.49. The maximum absolute atomic E-state index is 12.2. The summed E-state index contributed by atoms with van der Waals surface area (Å²) >= 11 is 0. The molecule has 2 aliphatic heterocycles. The average molecular weight is 354 g/mol. The molecule has 0 aromatic rings. The molecule has 2 aliphatic rings. The third-order valence-electron chi connectivity index (χ3n) is 4.72. The van der Waals surface area contributed by atoms with Gasteiger partial charge in [-0.2, -0.15) is 0 Å². The Hall–Kier alpha value is -1.54. The highest BCUT2D eigenvalue weighted by Crippen LogP contribution is 2.05. The molecule has 0 aromatic carbocycles. The summed E-state index contributed by atoms with van der Waals surface area (Å²) in [6, 6.07) is 0.408. The van der Waals surface area contributed by atoms with Crippen molar-refractivity contribution < 1.29 is 9.59 Å². The van der Waals surface area contributed by atoms with Crippen LogP contribution in [0.15, 0.2) is 0 Å². The highest BCUT2D eigenvalue weighted by molar-refractivity contribution is 5.75. The second-order valence-corrected chi connectivity index (χ2v) is 7.31. The maximum Gasteiger partial charge on any atom is 0.317 e. The fourth-order valence-corrected chi connectivity index (χ4v) is 3.13. The summed E-state index contributed by atoms with van der Waals surface area (Å²) in [5.74, 6) is 0. The van der Waals surface area contributed by atoms with Crippen LogP contribution in [-0.2, 0) is 0 Å². The number of carbonyl (C=O) groups is 2. The van der Waals surface area contributed by atoms with Gasteiger partial charge in [-0.3, -0.25) is 4.90 Å². The predicted octanol–water partition coefficient (Wildman–Crippen LogP) is 0.115. The summed E-state index contributed by atoms with van der Waals surface area (Å²) in [4.78, 5) is 30.3. The number of nitrogens with one attached hydrogen (secondary N) is 3. The highest BCUT2D eigenvalue weighted by Gasteiger charge is 2.22. The van der Waals surface area contributed by atoms with Crippen molar-refractivity contribution in [1.29, 1.82) is 0 Å². The number of piperazine rings is 2. The van der Waals surface area contributed by atoms with Crippen molar-refractivity contribution in [2.24, 2.45) is 0 Å². The van der Waals surface area contributed by atoms with E-state index in [1.165, 1.54) is 0 Å². The molecule has 144 valence electrons. The van der Waals surface area contributed by atoms with Gasteiger partial charge in [0.2, 0.25) is 0 Å². The summed E-state index contributed by atoms with van der Waals surface area (Å²) in [7, 11) is 0. The van der Waals surface area contributed by atoms with Gasteiger partial charge in [-0.05, 0) is 27.2 Å². The van der Waals surface area contributed by atoms with Crippen LogP contribution in [0.5, 0.6) is 0 Å². The van der Waals surface area contributed by atoms with Gasteiger partial charge in [0, 0.05) is 71.0 Å². The van der Waals surface area contributed by atoms with E-state index in [9.17, 15) is 9.59 Å². The summed E-state index contributed by atoms with van der Waals surface area (Å²) in [6.45, 7) is 13.6. The van der Waals surface area contributed by atoms with Crippen LogP contribution in [0.25, 0.3) is 0 Å². The first-order valence-electron chi connectivity index (χ1n) is 9.49. The largest absolute Gasteiger partial charge is 0.336 e. The van der Waals surface area contributed by atoms with E-state index in [0.29, 0.717) is 0 Å². The predicted molar refractivity (Wildman–Crippen MR) is 98.7 cm³/mol. The smallest absolute Gasteiger partial charge is 0.317 e. The van der Waals surface area contributed by atoms with Crippen LogP contribution in [-0.4, -0.2) is 97.7 Å². The molecule has 2 saturated heterocycles. The first-order chi connectivity index (χ1) is 12.0. The zero-order valence-corrected chi connectivity index (χ0v) is 15.9. The summed E-state index contributed by atoms with van der Waals surface area (Å²) in [5, 5.41) is 9.29. The van der Waals surface area contributed by atoms with E-state index in [1.54, 1.807) is 0 Å². The third-order valence-corrected chi connectivity index (χ3v) is 4.72. The standard InChI is InChI=1S/C17H34N6O2/c1-14(2)19-16(24)23-12-10-21(11-13-23)7-4-15(3)20-17(25)22-8-5-18-6-9-22/h14-15,18H,4-13H2,1-3H3,(H,19,24)(H,20,25). The maximum atomic E-state index is 12.2.